The van der Waals surface area contributed by atoms with Gasteiger partial charge in [0, 0.05) is 25.9 Å². The third-order valence-corrected chi connectivity index (χ3v) is 2.87. The summed E-state index contributed by atoms with van der Waals surface area (Å²) in [5, 5.41) is 10.3. The summed E-state index contributed by atoms with van der Waals surface area (Å²) in [6, 6.07) is 3.77. The lowest BCUT2D eigenvalue weighted by atomic mass is 10.2. The minimum atomic E-state index is 0.276. The van der Waals surface area contributed by atoms with Crippen LogP contribution in [0.4, 0.5) is 0 Å². The molecule has 2 aromatic heterocycles. The van der Waals surface area contributed by atoms with Gasteiger partial charge in [-0.3, -0.25) is 4.99 Å². The highest BCUT2D eigenvalue weighted by Crippen LogP contribution is 2.09. The summed E-state index contributed by atoms with van der Waals surface area (Å²) in [5.41, 5.74) is 0. The van der Waals surface area contributed by atoms with Crippen molar-refractivity contribution >= 4 is 5.96 Å². The van der Waals surface area contributed by atoms with E-state index in [9.17, 15) is 0 Å². The summed E-state index contributed by atoms with van der Waals surface area (Å²) in [5.74, 6) is 3.21. The van der Waals surface area contributed by atoms with E-state index in [1.807, 2.05) is 26.0 Å². The number of nitrogens with one attached hydrogen (secondary N) is 2. The van der Waals surface area contributed by atoms with E-state index in [0.717, 1.165) is 11.6 Å². The second kappa shape index (κ2) is 7.47. The van der Waals surface area contributed by atoms with Crippen molar-refractivity contribution in [3.05, 3.63) is 35.9 Å². The van der Waals surface area contributed by atoms with Gasteiger partial charge in [-0.1, -0.05) is 19.0 Å². The predicted octanol–water partition coefficient (Wildman–Crippen LogP) is 1.69. The minimum Gasteiger partial charge on any atom is -0.467 e. The Hall–Kier alpha value is -2.31. The van der Waals surface area contributed by atoms with Crippen molar-refractivity contribution in [3.8, 4) is 0 Å². The molecule has 0 aliphatic heterocycles. The fourth-order valence-electron chi connectivity index (χ4n) is 1.70. The standard InChI is InChI=1S/C14H21N5O2/c1-10(2)13-18-12(21-19-13)6-7-16-14(15-3)17-9-11-5-4-8-20-11/h4-5,8,10H,6-7,9H2,1-3H3,(H2,15,16,17). The maximum Gasteiger partial charge on any atom is 0.228 e. The predicted molar refractivity (Wildman–Crippen MR) is 79.0 cm³/mol. The molecule has 0 aromatic carbocycles. The van der Waals surface area contributed by atoms with Crippen LogP contribution in [0, 0.1) is 0 Å². The highest BCUT2D eigenvalue weighted by atomic mass is 16.5. The van der Waals surface area contributed by atoms with E-state index in [-0.39, 0.29) is 5.92 Å². The second-order valence-corrected chi connectivity index (χ2v) is 4.88. The summed E-state index contributed by atoms with van der Waals surface area (Å²) < 4.78 is 10.4. The van der Waals surface area contributed by atoms with Gasteiger partial charge >= 0.3 is 0 Å². The van der Waals surface area contributed by atoms with Gasteiger partial charge in [0.25, 0.3) is 0 Å². The number of guanidine groups is 1. The normalized spacial score (nSPS) is 11.9. The van der Waals surface area contributed by atoms with Gasteiger partial charge in [-0.15, -0.1) is 0 Å². The molecule has 0 aliphatic carbocycles. The molecule has 0 atom stereocenters. The molecule has 7 heteroatoms. The molecule has 0 aliphatic rings. The van der Waals surface area contributed by atoms with E-state index in [0.29, 0.717) is 31.4 Å². The number of nitrogens with zero attached hydrogens (tertiary/aromatic N) is 3. The van der Waals surface area contributed by atoms with Crippen LogP contribution in [0.1, 0.15) is 37.2 Å². The molecule has 0 spiro atoms. The van der Waals surface area contributed by atoms with Crippen LogP contribution in [0.5, 0.6) is 0 Å². The van der Waals surface area contributed by atoms with Crippen molar-refractivity contribution in [1.82, 2.24) is 20.8 Å². The van der Waals surface area contributed by atoms with Gasteiger partial charge in [0.05, 0.1) is 12.8 Å². The van der Waals surface area contributed by atoms with Gasteiger partial charge in [0.2, 0.25) is 5.89 Å². The molecular weight excluding hydrogens is 270 g/mol. The molecule has 2 N–H and O–H groups in total. The second-order valence-electron chi connectivity index (χ2n) is 4.88. The molecule has 0 fully saturated rings. The first-order chi connectivity index (χ1) is 10.2. The first-order valence-corrected chi connectivity index (χ1v) is 6.98. The molecule has 2 rings (SSSR count). The SMILES string of the molecule is CN=C(NCCc1nc(C(C)C)no1)NCc1ccco1. The Morgan fingerprint density at radius 2 is 2.24 bits per heavy atom. The smallest absolute Gasteiger partial charge is 0.228 e. The van der Waals surface area contributed by atoms with Gasteiger partial charge in [0.1, 0.15) is 5.76 Å². The quantitative estimate of drug-likeness (QED) is 0.622. The van der Waals surface area contributed by atoms with E-state index in [2.05, 4.69) is 25.8 Å². The Morgan fingerprint density at radius 1 is 1.38 bits per heavy atom. The third-order valence-electron chi connectivity index (χ3n) is 2.87. The van der Waals surface area contributed by atoms with Crippen LogP contribution >= 0.6 is 0 Å². The zero-order valence-electron chi connectivity index (χ0n) is 12.6. The molecule has 2 heterocycles. The summed E-state index contributed by atoms with van der Waals surface area (Å²) in [7, 11) is 1.72. The highest BCUT2D eigenvalue weighted by molar-refractivity contribution is 5.79. The molecule has 0 unspecified atom stereocenters. The number of hydrogen-bond acceptors (Lipinski definition) is 5. The molecule has 0 bridgehead atoms. The first kappa shape index (κ1) is 15.1. The lowest BCUT2D eigenvalue weighted by Gasteiger charge is -2.09. The summed E-state index contributed by atoms with van der Waals surface area (Å²) >= 11 is 0. The maximum atomic E-state index is 5.25. The minimum absolute atomic E-state index is 0.276. The van der Waals surface area contributed by atoms with Crippen molar-refractivity contribution in [2.24, 2.45) is 4.99 Å². The number of rotatable bonds is 6. The van der Waals surface area contributed by atoms with Gasteiger partial charge in [-0.05, 0) is 12.1 Å². The Bertz CT molecular complexity index is 560. The molecule has 114 valence electrons. The van der Waals surface area contributed by atoms with Crippen LogP contribution in [-0.2, 0) is 13.0 Å². The number of aliphatic imine (C=N–C) groups is 1. The fourth-order valence-corrected chi connectivity index (χ4v) is 1.70. The lowest BCUT2D eigenvalue weighted by molar-refractivity contribution is 0.371. The zero-order chi connectivity index (χ0) is 15.1. The van der Waals surface area contributed by atoms with E-state index >= 15 is 0 Å². The Kier molecular flexibility index (Phi) is 5.36. The largest absolute Gasteiger partial charge is 0.467 e. The van der Waals surface area contributed by atoms with Crippen LogP contribution in [0.15, 0.2) is 32.3 Å². The van der Waals surface area contributed by atoms with Gasteiger partial charge in [-0.25, -0.2) is 0 Å². The highest BCUT2D eigenvalue weighted by Gasteiger charge is 2.09. The van der Waals surface area contributed by atoms with Crippen LogP contribution < -0.4 is 10.6 Å². The number of aromatic nitrogens is 2. The Morgan fingerprint density at radius 3 is 2.86 bits per heavy atom. The molecule has 21 heavy (non-hydrogen) atoms. The van der Waals surface area contributed by atoms with Gasteiger partial charge in [-0.2, -0.15) is 4.98 Å². The van der Waals surface area contributed by atoms with Crippen LogP contribution in [0.25, 0.3) is 0 Å². The van der Waals surface area contributed by atoms with Gasteiger partial charge in [0.15, 0.2) is 11.8 Å². The molecule has 0 radical (unpaired) electrons. The van der Waals surface area contributed by atoms with Crippen molar-refractivity contribution < 1.29 is 8.94 Å². The lowest BCUT2D eigenvalue weighted by Crippen LogP contribution is -2.37. The summed E-state index contributed by atoms with van der Waals surface area (Å²) in [6.07, 6.45) is 2.30. The van der Waals surface area contributed by atoms with E-state index < -0.39 is 0 Å². The van der Waals surface area contributed by atoms with Crippen LogP contribution in [-0.4, -0.2) is 29.7 Å². The van der Waals surface area contributed by atoms with E-state index in [1.54, 1.807) is 13.3 Å². The van der Waals surface area contributed by atoms with Crippen molar-refractivity contribution in [2.45, 2.75) is 32.7 Å². The number of hydrogen-bond donors (Lipinski definition) is 2. The summed E-state index contributed by atoms with van der Waals surface area (Å²) in [6.45, 7) is 5.32. The van der Waals surface area contributed by atoms with Crippen LogP contribution in [0.2, 0.25) is 0 Å². The zero-order valence-corrected chi connectivity index (χ0v) is 12.6. The van der Waals surface area contributed by atoms with Crippen molar-refractivity contribution in [1.29, 1.82) is 0 Å². The van der Waals surface area contributed by atoms with Crippen LogP contribution in [0.3, 0.4) is 0 Å². The van der Waals surface area contributed by atoms with E-state index in [4.69, 9.17) is 8.94 Å². The monoisotopic (exact) mass is 291 g/mol. The maximum absolute atomic E-state index is 5.25. The molecule has 2 aromatic rings. The third kappa shape index (κ3) is 4.62. The fraction of sp³-hybridized carbons (Fsp3) is 0.500. The van der Waals surface area contributed by atoms with Gasteiger partial charge < -0.3 is 19.6 Å². The summed E-state index contributed by atoms with van der Waals surface area (Å²) in [4.78, 5) is 8.46. The van der Waals surface area contributed by atoms with E-state index in [1.165, 1.54) is 0 Å². The molecule has 7 nitrogen and oxygen atoms in total. The topological polar surface area (TPSA) is 88.5 Å². The average molecular weight is 291 g/mol. The molecule has 0 saturated carbocycles. The number of furan rings is 1. The average Bonchev–Trinajstić information content (AvgIpc) is 3.13. The van der Waals surface area contributed by atoms with Crippen molar-refractivity contribution in [3.63, 3.8) is 0 Å². The molecule has 0 saturated heterocycles. The van der Waals surface area contributed by atoms with Crippen molar-refractivity contribution in [2.75, 3.05) is 13.6 Å². The first-order valence-electron chi connectivity index (χ1n) is 6.98. The molecule has 0 amide bonds. The Labute approximate surface area is 123 Å². The Balaban J connectivity index is 1.72. The molecular formula is C14H21N5O2.